The smallest absolute Gasteiger partial charge is 0.349 e. The molecule has 0 aromatic heterocycles. The van der Waals surface area contributed by atoms with Crippen molar-refractivity contribution in [3.63, 3.8) is 0 Å². The molecule has 2 aromatic rings. The van der Waals surface area contributed by atoms with Crippen LogP contribution in [0.4, 0.5) is 5.69 Å². The maximum absolute atomic E-state index is 11.8. The van der Waals surface area contributed by atoms with E-state index in [2.05, 4.69) is 0 Å². The van der Waals surface area contributed by atoms with Crippen molar-refractivity contribution in [2.75, 3.05) is 13.7 Å². The number of nitro groups is 1. The summed E-state index contributed by atoms with van der Waals surface area (Å²) < 4.78 is 15.1. The van der Waals surface area contributed by atoms with Crippen molar-refractivity contribution in [2.45, 2.75) is 0 Å². The number of carbonyl (C=O) groups excluding carboxylic acids is 1. The summed E-state index contributed by atoms with van der Waals surface area (Å²) in [5, 5.41) is 11.7. The van der Waals surface area contributed by atoms with E-state index < -0.39 is 23.2 Å². The standard InChI is InChI=1S/C15H11Cl2NO6/c1-22-10-3-5-14(12(7-10)18(20)21)24-15(19)8-23-13-4-2-9(16)6-11(13)17/h2-7H,8H2,1H3. The minimum absolute atomic E-state index is 0.211. The van der Waals surface area contributed by atoms with Gasteiger partial charge >= 0.3 is 11.7 Å². The Morgan fingerprint density at radius 3 is 2.50 bits per heavy atom. The van der Waals surface area contributed by atoms with Gasteiger partial charge in [0.05, 0.1) is 23.1 Å². The second-order valence-corrected chi connectivity index (χ2v) is 5.27. The normalized spacial score (nSPS) is 10.1. The average molecular weight is 372 g/mol. The summed E-state index contributed by atoms with van der Waals surface area (Å²) in [5.74, 6) is -0.529. The van der Waals surface area contributed by atoms with Crippen LogP contribution in [0, 0.1) is 10.1 Å². The Hall–Kier alpha value is -2.51. The third-order valence-corrected chi connectivity index (χ3v) is 3.36. The van der Waals surface area contributed by atoms with E-state index in [9.17, 15) is 14.9 Å². The topological polar surface area (TPSA) is 87.9 Å². The van der Waals surface area contributed by atoms with Crippen LogP contribution in [0.15, 0.2) is 36.4 Å². The molecule has 0 aliphatic carbocycles. The number of benzene rings is 2. The summed E-state index contributed by atoms with van der Waals surface area (Å²) in [6, 6.07) is 8.35. The number of rotatable bonds is 6. The molecule has 0 fully saturated rings. The summed E-state index contributed by atoms with van der Waals surface area (Å²) in [7, 11) is 1.37. The fourth-order valence-corrected chi connectivity index (χ4v) is 2.20. The van der Waals surface area contributed by atoms with Gasteiger partial charge < -0.3 is 14.2 Å². The molecule has 0 saturated carbocycles. The highest BCUT2D eigenvalue weighted by Crippen LogP contribution is 2.31. The molecule has 0 saturated heterocycles. The van der Waals surface area contributed by atoms with E-state index in [1.54, 1.807) is 6.07 Å². The first kappa shape index (κ1) is 17.8. The van der Waals surface area contributed by atoms with Gasteiger partial charge in [0.1, 0.15) is 11.5 Å². The number of halogens is 2. The second-order valence-electron chi connectivity index (χ2n) is 4.43. The molecule has 126 valence electrons. The Bertz CT molecular complexity index is 781. The van der Waals surface area contributed by atoms with Crippen molar-refractivity contribution in [3.8, 4) is 17.2 Å². The summed E-state index contributed by atoms with van der Waals surface area (Å²) in [6.07, 6.45) is 0. The Balaban J connectivity index is 2.05. The lowest BCUT2D eigenvalue weighted by Crippen LogP contribution is -2.18. The molecule has 2 aromatic carbocycles. The molecular formula is C15H11Cl2NO6. The number of esters is 1. The lowest BCUT2D eigenvalue weighted by Gasteiger charge is -2.09. The van der Waals surface area contributed by atoms with Gasteiger partial charge in [-0.2, -0.15) is 0 Å². The molecule has 0 radical (unpaired) electrons. The van der Waals surface area contributed by atoms with E-state index in [-0.39, 0.29) is 22.3 Å². The van der Waals surface area contributed by atoms with Crippen molar-refractivity contribution in [1.82, 2.24) is 0 Å². The van der Waals surface area contributed by atoms with Gasteiger partial charge in [0.15, 0.2) is 6.61 Å². The second kappa shape index (κ2) is 7.85. The summed E-state index contributed by atoms with van der Waals surface area (Å²) >= 11 is 11.7. The van der Waals surface area contributed by atoms with E-state index in [0.717, 1.165) is 6.07 Å². The predicted octanol–water partition coefficient (Wildman–Crippen LogP) is 3.89. The van der Waals surface area contributed by atoms with E-state index in [0.29, 0.717) is 5.02 Å². The van der Waals surface area contributed by atoms with Crippen LogP contribution in [0.1, 0.15) is 0 Å². The van der Waals surface area contributed by atoms with Gasteiger partial charge in [0.25, 0.3) is 0 Å². The van der Waals surface area contributed by atoms with Gasteiger partial charge in [-0.3, -0.25) is 10.1 Å². The molecule has 0 aliphatic heterocycles. The number of hydrogen-bond donors (Lipinski definition) is 0. The summed E-state index contributed by atoms with van der Waals surface area (Å²) in [4.78, 5) is 22.2. The number of nitro benzene ring substituents is 1. The van der Waals surface area contributed by atoms with Gasteiger partial charge in [0, 0.05) is 5.02 Å². The van der Waals surface area contributed by atoms with Crippen LogP contribution < -0.4 is 14.2 Å². The molecule has 0 aliphatic rings. The van der Waals surface area contributed by atoms with Crippen molar-refractivity contribution >= 4 is 34.9 Å². The van der Waals surface area contributed by atoms with Gasteiger partial charge in [0.2, 0.25) is 5.75 Å². The van der Waals surface area contributed by atoms with Gasteiger partial charge in [-0.1, -0.05) is 23.2 Å². The lowest BCUT2D eigenvalue weighted by molar-refractivity contribution is -0.385. The highest BCUT2D eigenvalue weighted by molar-refractivity contribution is 6.35. The monoisotopic (exact) mass is 371 g/mol. The Morgan fingerprint density at radius 2 is 1.88 bits per heavy atom. The molecular weight excluding hydrogens is 361 g/mol. The van der Waals surface area contributed by atoms with Gasteiger partial charge in [-0.25, -0.2) is 4.79 Å². The zero-order valence-corrected chi connectivity index (χ0v) is 13.8. The van der Waals surface area contributed by atoms with Crippen molar-refractivity contribution in [1.29, 1.82) is 0 Å². The van der Waals surface area contributed by atoms with Crippen LogP contribution in [0.2, 0.25) is 10.0 Å². The van der Waals surface area contributed by atoms with Crippen molar-refractivity contribution in [2.24, 2.45) is 0 Å². The molecule has 24 heavy (non-hydrogen) atoms. The van der Waals surface area contributed by atoms with Crippen LogP contribution in [-0.4, -0.2) is 24.6 Å². The lowest BCUT2D eigenvalue weighted by atomic mass is 10.3. The SMILES string of the molecule is COc1ccc(OC(=O)COc2ccc(Cl)cc2Cl)c([N+](=O)[O-])c1. The van der Waals surface area contributed by atoms with Crippen LogP contribution in [-0.2, 0) is 4.79 Å². The molecule has 0 bridgehead atoms. The number of ether oxygens (including phenoxy) is 3. The Labute approximate surface area is 146 Å². The molecule has 2 rings (SSSR count). The fourth-order valence-electron chi connectivity index (χ4n) is 1.73. The quantitative estimate of drug-likeness (QED) is 0.331. The highest BCUT2D eigenvalue weighted by atomic mass is 35.5. The molecule has 0 amide bonds. The Kier molecular flexibility index (Phi) is 5.83. The van der Waals surface area contributed by atoms with Crippen LogP contribution in [0.25, 0.3) is 0 Å². The molecule has 0 atom stereocenters. The van der Waals surface area contributed by atoms with Crippen molar-refractivity contribution < 1.29 is 23.9 Å². The number of nitrogens with zero attached hydrogens (tertiary/aromatic N) is 1. The fraction of sp³-hybridized carbons (Fsp3) is 0.133. The number of carbonyl (C=O) groups is 1. The Morgan fingerprint density at radius 1 is 1.17 bits per heavy atom. The van der Waals surface area contributed by atoms with Crippen LogP contribution in [0.3, 0.4) is 0 Å². The maximum atomic E-state index is 11.8. The first-order valence-electron chi connectivity index (χ1n) is 6.51. The van der Waals surface area contributed by atoms with Crippen LogP contribution >= 0.6 is 23.2 Å². The maximum Gasteiger partial charge on any atom is 0.349 e. The number of hydrogen-bond acceptors (Lipinski definition) is 6. The minimum Gasteiger partial charge on any atom is -0.496 e. The minimum atomic E-state index is -0.825. The first-order chi connectivity index (χ1) is 11.4. The molecule has 0 N–H and O–H groups in total. The zero-order chi connectivity index (χ0) is 17.7. The van der Waals surface area contributed by atoms with E-state index >= 15 is 0 Å². The average Bonchev–Trinajstić information content (AvgIpc) is 2.54. The molecule has 0 spiro atoms. The summed E-state index contributed by atoms with van der Waals surface area (Å²) in [6.45, 7) is -0.482. The first-order valence-corrected chi connectivity index (χ1v) is 7.27. The van der Waals surface area contributed by atoms with Crippen LogP contribution in [0.5, 0.6) is 17.2 Å². The molecule has 7 nitrogen and oxygen atoms in total. The third kappa shape index (κ3) is 4.50. The van der Waals surface area contributed by atoms with E-state index in [1.165, 1.54) is 31.4 Å². The molecule has 0 heterocycles. The molecule has 9 heteroatoms. The van der Waals surface area contributed by atoms with E-state index in [4.69, 9.17) is 37.4 Å². The molecule has 0 unspecified atom stereocenters. The van der Waals surface area contributed by atoms with Gasteiger partial charge in [-0.05, 0) is 30.3 Å². The highest BCUT2D eigenvalue weighted by Gasteiger charge is 2.19. The summed E-state index contributed by atoms with van der Waals surface area (Å²) in [5.41, 5.74) is -0.396. The van der Waals surface area contributed by atoms with Gasteiger partial charge in [-0.15, -0.1) is 0 Å². The largest absolute Gasteiger partial charge is 0.496 e. The predicted molar refractivity (Wildman–Crippen MR) is 87.2 cm³/mol. The number of methoxy groups -OCH3 is 1. The van der Waals surface area contributed by atoms with Crippen molar-refractivity contribution in [3.05, 3.63) is 56.6 Å². The zero-order valence-electron chi connectivity index (χ0n) is 12.3. The van der Waals surface area contributed by atoms with E-state index in [1.807, 2.05) is 0 Å². The third-order valence-electron chi connectivity index (χ3n) is 2.83.